The van der Waals surface area contributed by atoms with Gasteiger partial charge in [-0.2, -0.15) is 0 Å². The van der Waals surface area contributed by atoms with Crippen LogP contribution < -0.4 is 0 Å². The predicted molar refractivity (Wildman–Crippen MR) is 37.0 cm³/mol. The Morgan fingerprint density at radius 1 is 1.50 bits per heavy atom. The molecular weight excluding hydrogens is 122 g/mol. The van der Waals surface area contributed by atoms with Gasteiger partial charge in [0.15, 0.2) is 0 Å². The van der Waals surface area contributed by atoms with E-state index in [0.717, 1.165) is 12.2 Å². The molecule has 0 heterocycles. The molecule has 0 saturated carbocycles. The predicted octanol–water partition coefficient (Wildman–Crippen LogP) is 0.622. The lowest BCUT2D eigenvalue weighted by atomic mass is 10.6. The topological polar surface area (TPSA) is 26.3 Å². The average Bonchev–Trinajstić information content (AvgIpc) is 1.67. The summed E-state index contributed by atoms with van der Waals surface area (Å²) in [6.07, 6.45) is 0.991. The molecule has 0 bridgehead atoms. The molecule has 0 aliphatic heterocycles. The summed E-state index contributed by atoms with van der Waals surface area (Å²) in [6.45, 7) is 2.03. The van der Waals surface area contributed by atoms with Crippen molar-refractivity contribution in [1.82, 2.24) is 4.31 Å². The van der Waals surface area contributed by atoms with Crippen molar-refractivity contribution >= 4 is 11.4 Å². The molecule has 0 aromatic rings. The SMILES string of the molecule is CCC[S+]([O-])N(C)C. The van der Waals surface area contributed by atoms with Crippen molar-refractivity contribution in [2.75, 3.05) is 19.8 Å². The summed E-state index contributed by atoms with van der Waals surface area (Å²) >= 11 is -0.738. The summed E-state index contributed by atoms with van der Waals surface area (Å²) in [4.78, 5) is 0. The van der Waals surface area contributed by atoms with E-state index in [0.29, 0.717) is 0 Å². The summed E-state index contributed by atoms with van der Waals surface area (Å²) in [7, 11) is 3.65. The van der Waals surface area contributed by atoms with Crippen LogP contribution >= 0.6 is 0 Å². The second kappa shape index (κ2) is 4.18. The highest BCUT2D eigenvalue weighted by Crippen LogP contribution is 1.94. The van der Waals surface area contributed by atoms with Crippen molar-refractivity contribution in [2.45, 2.75) is 13.3 Å². The lowest BCUT2D eigenvalue weighted by Crippen LogP contribution is -2.24. The van der Waals surface area contributed by atoms with E-state index < -0.39 is 11.4 Å². The molecule has 0 N–H and O–H groups in total. The molecule has 0 rings (SSSR count). The largest absolute Gasteiger partial charge is 0.598 e. The standard InChI is InChI=1S/C5H13NOS/c1-4-5-8(7)6(2)3/h4-5H2,1-3H3. The molecule has 0 radical (unpaired) electrons. The van der Waals surface area contributed by atoms with Crippen LogP contribution in [0.3, 0.4) is 0 Å². The van der Waals surface area contributed by atoms with E-state index in [2.05, 4.69) is 0 Å². The minimum atomic E-state index is -0.738. The number of rotatable bonds is 3. The van der Waals surface area contributed by atoms with Crippen LogP contribution in [0.2, 0.25) is 0 Å². The van der Waals surface area contributed by atoms with Crippen LogP contribution in [0.25, 0.3) is 0 Å². The van der Waals surface area contributed by atoms with Crippen LogP contribution in [0, 0.1) is 0 Å². The van der Waals surface area contributed by atoms with E-state index in [1.807, 2.05) is 21.0 Å². The van der Waals surface area contributed by atoms with Crippen molar-refractivity contribution in [1.29, 1.82) is 0 Å². The molecule has 0 spiro atoms. The summed E-state index contributed by atoms with van der Waals surface area (Å²) in [6, 6.07) is 0. The van der Waals surface area contributed by atoms with Gasteiger partial charge in [-0.25, -0.2) is 0 Å². The lowest BCUT2D eigenvalue weighted by molar-refractivity contribution is 0.519. The van der Waals surface area contributed by atoms with E-state index in [4.69, 9.17) is 0 Å². The van der Waals surface area contributed by atoms with Gasteiger partial charge in [0.2, 0.25) is 0 Å². The van der Waals surface area contributed by atoms with Gasteiger partial charge in [-0.15, -0.1) is 4.31 Å². The van der Waals surface area contributed by atoms with Gasteiger partial charge in [-0.3, -0.25) is 0 Å². The Bertz CT molecular complexity index is 58.4. The average molecular weight is 135 g/mol. The van der Waals surface area contributed by atoms with Crippen LogP contribution in [0.15, 0.2) is 0 Å². The van der Waals surface area contributed by atoms with Gasteiger partial charge in [-0.05, 0) is 6.42 Å². The van der Waals surface area contributed by atoms with Gasteiger partial charge < -0.3 is 4.55 Å². The molecule has 1 atom stereocenters. The summed E-state index contributed by atoms with van der Waals surface area (Å²) in [5.74, 6) is 0.785. The molecule has 0 amide bonds. The molecule has 8 heavy (non-hydrogen) atoms. The monoisotopic (exact) mass is 135 g/mol. The van der Waals surface area contributed by atoms with Gasteiger partial charge in [-0.1, -0.05) is 6.92 Å². The maximum atomic E-state index is 10.8. The Hall–Kier alpha value is 0.270. The number of hydrogen-bond donors (Lipinski definition) is 0. The van der Waals surface area contributed by atoms with E-state index in [9.17, 15) is 4.55 Å². The Labute approximate surface area is 54.2 Å². The molecule has 3 heteroatoms. The van der Waals surface area contributed by atoms with Crippen molar-refractivity contribution < 1.29 is 4.55 Å². The molecule has 2 nitrogen and oxygen atoms in total. The van der Waals surface area contributed by atoms with Gasteiger partial charge in [0, 0.05) is 25.5 Å². The van der Waals surface area contributed by atoms with Crippen molar-refractivity contribution in [3.8, 4) is 0 Å². The zero-order valence-electron chi connectivity index (χ0n) is 5.68. The Morgan fingerprint density at radius 2 is 2.00 bits per heavy atom. The molecule has 50 valence electrons. The Kier molecular flexibility index (Phi) is 4.32. The zero-order valence-corrected chi connectivity index (χ0v) is 6.49. The third kappa shape index (κ3) is 3.29. The molecule has 1 unspecified atom stereocenters. The van der Waals surface area contributed by atoms with Crippen LogP contribution in [-0.2, 0) is 11.4 Å². The summed E-state index contributed by atoms with van der Waals surface area (Å²) in [5.41, 5.74) is 0. The number of nitrogens with zero attached hydrogens (tertiary/aromatic N) is 1. The van der Waals surface area contributed by atoms with Gasteiger partial charge in [0.25, 0.3) is 0 Å². The minimum Gasteiger partial charge on any atom is -0.598 e. The first-order valence-corrected chi connectivity index (χ1v) is 4.02. The van der Waals surface area contributed by atoms with E-state index >= 15 is 0 Å². The van der Waals surface area contributed by atoms with Gasteiger partial charge in [0.1, 0.15) is 5.75 Å². The molecule has 0 aromatic heterocycles. The quantitative estimate of drug-likeness (QED) is 0.530. The normalized spacial score (nSPS) is 14.6. The molecule has 0 aromatic carbocycles. The van der Waals surface area contributed by atoms with E-state index in [-0.39, 0.29) is 0 Å². The zero-order chi connectivity index (χ0) is 6.57. The smallest absolute Gasteiger partial charge is 0.125 e. The van der Waals surface area contributed by atoms with Gasteiger partial charge in [0.05, 0.1) is 0 Å². The highest BCUT2D eigenvalue weighted by Gasteiger charge is 2.05. The fourth-order valence-electron chi connectivity index (χ4n) is 0.357. The fraction of sp³-hybridized carbons (Fsp3) is 1.00. The third-order valence-electron chi connectivity index (χ3n) is 0.786. The first-order chi connectivity index (χ1) is 3.68. The fourth-order valence-corrected chi connectivity index (χ4v) is 1.07. The van der Waals surface area contributed by atoms with E-state index in [1.54, 1.807) is 4.31 Å². The van der Waals surface area contributed by atoms with Crippen LogP contribution in [0.1, 0.15) is 13.3 Å². The summed E-state index contributed by atoms with van der Waals surface area (Å²) < 4.78 is 12.5. The minimum absolute atomic E-state index is 0.738. The molecule has 0 aliphatic carbocycles. The van der Waals surface area contributed by atoms with Crippen LogP contribution in [0.4, 0.5) is 0 Å². The molecule has 0 saturated heterocycles. The van der Waals surface area contributed by atoms with E-state index in [1.165, 1.54) is 0 Å². The van der Waals surface area contributed by atoms with Gasteiger partial charge >= 0.3 is 0 Å². The maximum absolute atomic E-state index is 10.8. The van der Waals surface area contributed by atoms with Crippen LogP contribution in [0.5, 0.6) is 0 Å². The number of hydrogen-bond acceptors (Lipinski definition) is 2. The highest BCUT2D eigenvalue weighted by molar-refractivity contribution is 7.89. The molecule has 0 fully saturated rings. The molecular formula is C5H13NOS. The van der Waals surface area contributed by atoms with Crippen molar-refractivity contribution in [3.05, 3.63) is 0 Å². The Balaban J connectivity index is 3.17. The first kappa shape index (κ1) is 8.27. The molecule has 0 aliphatic rings. The third-order valence-corrected chi connectivity index (χ3v) is 2.36. The van der Waals surface area contributed by atoms with Crippen molar-refractivity contribution in [2.24, 2.45) is 0 Å². The second-order valence-corrected chi connectivity index (χ2v) is 3.62. The first-order valence-electron chi connectivity index (χ1n) is 2.74. The lowest BCUT2D eigenvalue weighted by Gasteiger charge is -2.14. The summed E-state index contributed by atoms with van der Waals surface area (Å²) in [5, 5.41) is 0. The van der Waals surface area contributed by atoms with Crippen LogP contribution in [-0.4, -0.2) is 28.7 Å². The van der Waals surface area contributed by atoms with Crippen molar-refractivity contribution in [3.63, 3.8) is 0 Å². The Morgan fingerprint density at radius 3 is 2.12 bits per heavy atom. The highest BCUT2D eigenvalue weighted by atomic mass is 32.2. The second-order valence-electron chi connectivity index (χ2n) is 1.84. The maximum Gasteiger partial charge on any atom is 0.125 e.